The number of hydrazine groups is 1. The molecule has 19 heavy (non-hydrogen) atoms. The molecule has 0 heterocycles. The molecule has 0 aromatic heterocycles. The molecule has 0 bridgehead atoms. The van der Waals surface area contributed by atoms with Crippen LogP contribution in [0.4, 0.5) is 0 Å². The zero-order valence-electron chi connectivity index (χ0n) is 12.0. The van der Waals surface area contributed by atoms with Crippen molar-refractivity contribution in [3.8, 4) is 0 Å². The summed E-state index contributed by atoms with van der Waals surface area (Å²) in [5.41, 5.74) is 5.38. The van der Waals surface area contributed by atoms with Gasteiger partial charge < -0.3 is 0 Å². The summed E-state index contributed by atoms with van der Waals surface area (Å²) in [5.74, 6) is 7.21. The maximum absolute atomic E-state index is 6.42. The Morgan fingerprint density at radius 2 is 2.11 bits per heavy atom. The first kappa shape index (κ1) is 14.8. The predicted octanol–water partition coefficient (Wildman–Crippen LogP) is 4.37. The Labute approximate surface area is 121 Å². The van der Waals surface area contributed by atoms with Crippen LogP contribution in [0.2, 0.25) is 5.02 Å². The largest absolute Gasteiger partial charge is 0.271 e. The summed E-state index contributed by atoms with van der Waals surface area (Å²) in [6.45, 7) is 4.35. The average Bonchev–Trinajstić information content (AvgIpc) is 2.42. The minimum atomic E-state index is 0.179. The van der Waals surface area contributed by atoms with E-state index in [2.05, 4.69) is 31.4 Å². The topological polar surface area (TPSA) is 38.0 Å². The number of rotatable bonds is 4. The van der Waals surface area contributed by atoms with Gasteiger partial charge in [-0.1, -0.05) is 56.3 Å². The van der Waals surface area contributed by atoms with Crippen LogP contribution in [-0.4, -0.2) is 0 Å². The van der Waals surface area contributed by atoms with E-state index in [1.165, 1.54) is 37.7 Å². The number of hydrogen-bond acceptors (Lipinski definition) is 2. The molecule has 106 valence electrons. The minimum Gasteiger partial charge on any atom is -0.271 e. The van der Waals surface area contributed by atoms with Crippen molar-refractivity contribution < 1.29 is 0 Å². The second-order valence-electron chi connectivity index (χ2n) is 5.79. The van der Waals surface area contributed by atoms with E-state index in [-0.39, 0.29) is 6.04 Å². The lowest BCUT2D eigenvalue weighted by Crippen LogP contribution is -2.38. The lowest BCUT2D eigenvalue weighted by Gasteiger charge is -2.37. The highest BCUT2D eigenvalue weighted by atomic mass is 35.5. The Morgan fingerprint density at radius 1 is 1.37 bits per heavy atom. The zero-order chi connectivity index (χ0) is 13.8. The normalized spacial score (nSPS) is 25.3. The van der Waals surface area contributed by atoms with Gasteiger partial charge in [0.15, 0.2) is 0 Å². The molecule has 1 saturated carbocycles. The molecule has 3 N–H and O–H groups in total. The van der Waals surface area contributed by atoms with Gasteiger partial charge in [-0.15, -0.1) is 0 Å². The summed E-state index contributed by atoms with van der Waals surface area (Å²) in [5, 5.41) is 0.836. The van der Waals surface area contributed by atoms with Crippen LogP contribution < -0.4 is 11.3 Å². The van der Waals surface area contributed by atoms with Gasteiger partial charge in [-0.3, -0.25) is 11.3 Å². The summed E-state index contributed by atoms with van der Waals surface area (Å²) in [7, 11) is 0. The maximum Gasteiger partial charge on any atom is 0.0505 e. The third-order valence-corrected chi connectivity index (χ3v) is 4.92. The van der Waals surface area contributed by atoms with Gasteiger partial charge in [-0.2, -0.15) is 0 Å². The van der Waals surface area contributed by atoms with Crippen molar-refractivity contribution in [1.29, 1.82) is 0 Å². The van der Waals surface area contributed by atoms with Gasteiger partial charge in [0, 0.05) is 5.02 Å². The van der Waals surface area contributed by atoms with Crippen LogP contribution in [0.25, 0.3) is 0 Å². The summed E-state index contributed by atoms with van der Waals surface area (Å²) >= 11 is 6.42. The van der Waals surface area contributed by atoms with Crippen molar-refractivity contribution in [3.63, 3.8) is 0 Å². The van der Waals surface area contributed by atoms with Crippen LogP contribution in [-0.2, 0) is 0 Å². The molecule has 1 aromatic carbocycles. The van der Waals surface area contributed by atoms with Crippen LogP contribution >= 0.6 is 11.6 Å². The number of nitrogens with one attached hydrogen (secondary N) is 1. The summed E-state index contributed by atoms with van der Waals surface area (Å²) < 4.78 is 0. The van der Waals surface area contributed by atoms with Gasteiger partial charge in [0.05, 0.1) is 6.04 Å². The SMILES string of the molecule is CCC1CCCCC1C(NN)c1ccc(C)cc1Cl. The molecule has 3 heteroatoms. The molecule has 0 spiro atoms. The molecule has 2 rings (SSSR count). The Balaban J connectivity index is 2.27. The van der Waals surface area contributed by atoms with Gasteiger partial charge in [0.25, 0.3) is 0 Å². The quantitative estimate of drug-likeness (QED) is 0.635. The molecule has 1 aliphatic rings. The third kappa shape index (κ3) is 3.31. The molecular formula is C16H25ClN2. The molecule has 0 aliphatic heterocycles. The number of benzene rings is 1. The summed E-state index contributed by atoms with van der Waals surface area (Å²) in [6.07, 6.45) is 6.46. The van der Waals surface area contributed by atoms with Crippen LogP contribution in [0.5, 0.6) is 0 Å². The van der Waals surface area contributed by atoms with E-state index in [4.69, 9.17) is 17.4 Å². The van der Waals surface area contributed by atoms with Crippen LogP contribution in [0.15, 0.2) is 18.2 Å². The van der Waals surface area contributed by atoms with E-state index < -0.39 is 0 Å². The molecule has 1 fully saturated rings. The molecular weight excluding hydrogens is 256 g/mol. The smallest absolute Gasteiger partial charge is 0.0505 e. The van der Waals surface area contributed by atoms with E-state index in [0.29, 0.717) is 5.92 Å². The Morgan fingerprint density at radius 3 is 2.74 bits per heavy atom. The van der Waals surface area contributed by atoms with E-state index >= 15 is 0 Å². The summed E-state index contributed by atoms with van der Waals surface area (Å²) in [4.78, 5) is 0. The molecule has 0 amide bonds. The first-order valence-corrected chi connectivity index (χ1v) is 7.77. The first-order chi connectivity index (χ1) is 9.17. The first-order valence-electron chi connectivity index (χ1n) is 7.39. The van der Waals surface area contributed by atoms with E-state index in [9.17, 15) is 0 Å². The van der Waals surface area contributed by atoms with Crippen molar-refractivity contribution in [3.05, 3.63) is 34.3 Å². The predicted molar refractivity (Wildman–Crippen MR) is 82.0 cm³/mol. The number of nitrogens with two attached hydrogens (primary N) is 1. The minimum absolute atomic E-state index is 0.179. The van der Waals surface area contributed by atoms with E-state index in [1.54, 1.807) is 0 Å². The molecule has 0 saturated heterocycles. The summed E-state index contributed by atoms with van der Waals surface area (Å²) in [6, 6.07) is 6.46. The zero-order valence-corrected chi connectivity index (χ0v) is 12.7. The number of aryl methyl sites for hydroxylation is 1. The van der Waals surface area contributed by atoms with Crippen molar-refractivity contribution >= 4 is 11.6 Å². The molecule has 3 unspecified atom stereocenters. The fraction of sp³-hybridized carbons (Fsp3) is 0.625. The maximum atomic E-state index is 6.42. The van der Waals surface area contributed by atoms with Gasteiger partial charge >= 0.3 is 0 Å². The molecule has 1 aromatic rings. The Bertz CT molecular complexity index is 419. The Kier molecular flexibility index (Phi) is 5.26. The van der Waals surface area contributed by atoms with Crippen molar-refractivity contribution in [2.75, 3.05) is 0 Å². The van der Waals surface area contributed by atoms with Crippen molar-refractivity contribution in [1.82, 2.24) is 5.43 Å². The number of halogens is 1. The number of hydrogen-bond donors (Lipinski definition) is 2. The molecule has 0 radical (unpaired) electrons. The highest BCUT2D eigenvalue weighted by Gasteiger charge is 2.32. The van der Waals surface area contributed by atoms with Gasteiger partial charge in [-0.25, -0.2) is 0 Å². The van der Waals surface area contributed by atoms with Crippen molar-refractivity contribution in [2.24, 2.45) is 17.7 Å². The van der Waals surface area contributed by atoms with Crippen LogP contribution in [0, 0.1) is 18.8 Å². The molecule has 3 atom stereocenters. The molecule has 2 nitrogen and oxygen atoms in total. The third-order valence-electron chi connectivity index (χ3n) is 4.59. The van der Waals surface area contributed by atoms with Crippen molar-refractivity contribution in [2.45, 2.75) is 52.0 Å². The lowest BCUT2D eigenvalue weighted by molar-refractivity contribution is 0.176. The second-order valence-corrected chi connectivity index (χ2v) is 6.19. The fourth-order valence-corrected chi connectivity index (χ4v) is 3.86. The van der Waals surface area contributed by atoms with Crippen LogP contribution in [0.3, 0.4) is 0 Å². The van der Waals surface area contributed by atoms with E-state index in [1.807, 2.05) is 6.07 Å². The second kappa shape index (κ2) is 6.74. The van der Waals surface area contributed by atoms with Crippen LogP contribution in [0.1, 0.15) is 56.2 Å². The average molecular weight is 281 g/mol. The van der Waals surface area contributed by atoms with Gasteiger partial charge in [-0.05, 0) is 42.4 Å². The lowest BCUT2D eigenvalue weighted by atomic mass is 9.72. The monoisotopic (exact) mass is 280 g/mol. The highest BCUT2D eigenvalue weighted by Crippen LogP contribution is 2.41. The standard InChI is InChI=1S/C16H25ClN2/c1-3-12-6-4-5-7-13(12)16(19-18)14-9-8-11(2)10-15(14)17/h8-10,12-13,16,19H,3-7,18H2,1-2H3. The molecule has 1 aliphatic carbocycles. The van der Waals surface area contributed by atoms with E-state index in [0.717, 1.165) is 16.5 Å². The van der Waals surface area contributed by atoms with Gasteiger partial charge in [0.2, 0.25) is 0 Å². The Hall–Kier alpha value is -0.570. The highest BCUT2D eigenvalue weighted by molar-refractivity contribution is 6.31. The fourth-order valence-electron chi connectivity index (χ4n) is 3.51. The van der Waals surface area contributed by atoms with Gasteiger partial charge in [0.1, 0.15) is 0 Å².